The van der Waals surface area contributed by atoms with Crippen LogP contribution in [0.2, 0.25) is 0 Å². The number of pyridine rings is 1. The molecule has 5 rings (SSSR count). The van der Waals surface area contributed by atoms with Crippen molar-refractivity contribution in [3.05, 3.63) is 101 Å². The summed E-state index contributed by atoms with van der Waals surface area (Å²) in [4.78, 5) is 9.04. The Kier molecular flexibility index (Phi) is 6.38. The van der Waals surface area contributed by atoms with E-state index in [4.69, 9.17) is 10.7 Å². The molecule has 2 heterocycles. The number of hydrogen-bond acceptors (Lipinski definition) is 5. The number of benzene rings is 2. The van der Waals surface area contributed by atoms with E-state index in [9.17, 15) is 0 Å². The largest absolute Gasteiger partial charge is 0.383 e. The molecule has 4 aromatic rings. The summed E-state index contributed by atoms with van der Waals surface area (Å²) in [6.45, 7) is 4.12. The zero-order chi connectivity index (χ0) is 25.2. The van der Waals surface area contributed by atoms with Crippen LogP contribution in [-0.4, -0.2) is 19.7 Å². The van der Waals surface area contributed by atoms with E-state index < -0.39 is 6.04 Å². The van der Waals surface area contributed by atoms with Gasteiger partial charge in [0.05, 0.1) is 0 Å². The molecule has 0 aliphatic heterocycles. The lowest BCUT2D eigenvalue weighted by Crippen LogP contribution is -2.19. The number of nitrogens with zero attached hydrogens (tertiary/aromatic N) is 4. The maximum absolute atomic E-state index is 15.5. The van der Waals surface area contributed by atoms with Gasteiger partial charge in [0.2, 0.25) is 0 Å². The Morgan fingerprint density at radius 3 is 2.69 bits per heavy atom. The average molecular weight is 481 g/mol. The minimum absolute atomic E-state index is 0.287. The quantitative estimate of drug-likeness (QED) is 0.325. The fourth-order valence-corrected chi connectivity index (χ4v) is 4.42. The Bertz CT molecular complexity index is 1510. The molecule has 0 bridgehead atoms. The van der Waals surface area contributed by atoms with Crippen LogP contribution in [0.4, 0.5) is 15.9 Å². The van der Waals surface area contributed by atoms with E-state index in [2.05, 4.69) is 22.3 Å². The number of fused-ring (bicyclic) bond motifs is 1. The Labute approximate surface area is 210 Å². The Morgan fingerprint density at radius 2 is 1.92 bits per heavy atom. The maximum atomic E-state index is 15.5. The SMILES string of the molecule is CCC1=CC=C(F)C(C(Nc2ccc3c(N)nccc3c2)c2nc(-c3ccc(C)cc3)nn2C)=CC1. The van der Waals surface area contributed by atoms with Crippen LogP contribution < -0.4 is 11.1 Å². The van der Waals surface area contributed by atoms with Crippen molar-refractivity contribution in [2.45, 2.75) is 32.7 Å². The molecule has 182 valence electrons. The fourth-order valence-electron chi connectivity index (χ4n) is 4.42. The fraction of sp³-hybridized carbons (Fsp3) is 0.207. The number of nitrogens with two attached hydrogens (primary N) is 1. The minimum atomic E-state index is -0.556. The lowest BCUT2D eigenvalue weighted by molar-refractivity contribution is 0.608. The second kappa shape index (κ2) is 9.77. The molecule has 6 nitrogen and oxygen atoms in total. The van der Waals surface area contributed by atoms with E-state index in [0.29, 0.717) is 29.5 Å². The lowest BCUT2D eigenvalue weighted by Gasteiger charge is -2.22. The number of anilines is 2. The number of halogens is 1. The highest BCUT2D eigenvalue weighted by molar-refractivity contribution is 5.93. The maximum Gasteiger partial charge on any atom is 0.181 e. The third-order valence-electron chi connectivity index (χ3n) is 6.56. The molecule has 36 heavy (non-hydrogen) atoms. The predicted molar refractivity (Wildman–Crippen MR) is 144 cm³/mol. The van der Waals surface area contributed by atoms with E-state index >= 15 is 4.39 Å². The molecule has 1 unspecified atom stereocenters. The van der Waals surface area contributed by atoms with Gasteiger partial charge in [-0.15, -0.1) is 0 Å². The molecular formula is C29H29FN6. The highest BCUT2D eigenvalue weighted by atomic mass is 19.1. The van der Waals surface area contributed by atoms with E-state index in [0.717, 1.165) is 34.0 Å². The zero-order valence-electron chi connectivity index (χ0n) is 20.7. The molecule has 1 aliphatic carbocycles. The number of hydrogen-bond donors (Lipinski definition) is 2. The Balaban J connectivity index is 1.59. The van der Waals surface area contributed by atoms with E-state index in [1.165, 1.54) is 5.57 Å². The van der Waals surface area contributed by atoms with Gasteiger partial charge in [0.1, 0.15) is 17.7 Å². The topological polar surface area (TPSA) is 81.7 Å². The van der Waals surface area contributed by atoms with Crippen molar-refractivity contribution in [1.29, 1.82) is 0 Å². The van der Waals surface area contributed by atoms with Gasteiger partial charge >= 0.3 is 0 Å². The standard InChI is InChI=1S/C29H29FN6/c1-4-19-7-12-24(25(30)14-8-19)26(33-22-11-13-23-21(17-22)15-16-32-27(23)31)29-34-28(35-36(29)3)20-9-5-18(2)6-10-20/h5-6,8-17,26,33H,4,7H2,1-3H3,(H2,31,32). The summed E-state index contributed by atoms with van der Waals surface area (Å²) < 4.78 is 17.2. The van der Waals surface area contributed by atoms with Gasteiger partial charge in [-0.2, -0.15) is 5.10 Å². The van der Waals surface area contributed by atoms with Crippen LogP contribution in [0.25, 0.3) is 22.2 Å². The number of nitrogens with one attached hydrogen (secondary N) is 1. The summed E-state index contributed by atoms with van der Waals surface area (Å²) in [5, 5.41) is 10.0. The van der Waals surface area contributed by atoms with E-state index in [1.54, 1.807) is 17.0 Å². The first-order valence-electron chi connectivity index (χ1n) is 12.1. The molecule has 0 saturated heterocycles. The van der Waals surface area contributed by atoms with Crippen molar-refractivity contribution in [1.82, 2.24) is 19.7 Å². The Hall–Kier alpha value is -4.26. The summed E-state index contributed by atoms with van der Waals surface area (Å²) >= 11 is 0. The van der Waals surface area contributed by atoms with Crippen molar-refractivity contribution in [2.75, 3.05) is 11.1 Å². The molecule has 2 aromatic heterocycles. The smallest absolute Gasteiger partial charge is 0.181 e. The molecule has 1 atom stereocenters. The minimum Gasteiger partial charge on any atom is -0.383 e. The number of aryl methyl sites for hydroxylation is 2. The van der Waals surface area contributed by atoms with Gasteiger partial charge in [-0.25, -0.2) is 14.4 Å². The van der Waals surface area contributed by atoms with Crippen LogP contribution in [0.5, 0.6) is 0 Å². The van der Waals surface area contributed by atoms with Crippen LogP contribution in [0.3, 0.4) is 0 Å². The van der Waals surface area contributed by atoms with Gasteiger partial charge in [-0.05, 0) is 55.5 Å². The van der Waals surface area contributed by atoms with Crippen molar-refractivity contribution in [2.24, 2.45) is 7.05 Å². The van der Waals surface area contributed by atoms with Gasteiger partial charge in [-0.3, -0.25) is 4.68 Å². The average Bonchev–Trinajstić information content (AvgIpc) is 3.16. The first-order chi connectivity index (χ1) is 17.4. The second-order valence-corrected chi connectivity index (χ2v) is 9.05. The molecule has 0 radical (unpaired) electrons. The first kappa shape index (κ1) is 23.5. The summed E-state index contributed by atoms with van der Waals surface area (Å²) in [6, 6.07) is 15.3. The summed E-state index contributed by atoms with van der Waals surface area (Å²) in [5.41, 5.74) is 10.6. The number of aromatic nitrogens is 4. The van der Waals surface area contributed by atoms with Crippen LogP contribution in [-0.2, 0) is 7.05 Å². The third kappa shape index (κ3) is 4.64. The predicted octanol–water partition coefficient (Wildman–Crippen LogP) is 6.59. The van der Waals surface area contributed by atoms with Crippen LogP contribution in [0.1, 0.15) is 37.2 Å². The van der Waals surface area contributed by atoms with Crippen molar-refractivity contribution < 1.29 is 4.39 Å². The summed E-state index contributed by atoms with van der Waals surface area (Å²) in [6.07, 6.45) is 8.61. The molecule has 7 heteroatoms. The number of rotatable bonds is 6. The normalized spacial score (nSPS) is 14.6. The van der Waals surface area contributed by atoms with Gasteiger partial charge in [-0.1, -0.05) is 54.5 Å². The molecule has 2 aromatic carbocycles. The molecule has 1 aliphatic rings. The lowest BCUT2D eigenvalue weighted by atomic mass is 10.0. The van der Waals surface area contributed by atoms with Crippen molar-refractivity contribution >= 4 is 22.3 Å². The van der Waals surface area contributed by atoms with E-state index in [-0.39, 0.29) is 5.83 Å². The summed E-state index contributed by atoms with van der Waals surface area (Å²) in [5.74, 6) is 1.41. The molecule has 0 amide bonds. The Morgan fingerprint density at radius 1 is 1.11 bits per heavy atom. The number of allylic oxidation sites excluding steroid dienone is 4. The van der Waals surface area contributed by atoms with Crippen molar-refractivity contribution in [3.8, 4) is 11.4 Å². The van der Waals surface area contributed by atoms with Gasteiger partial charge < -0.3 is 11.1 Å². The van der Waals surface area contributed by atoms with Gasteiger partial charge in [0.15, 0.2) is 11.6 Å². The van der Waals surface area contributed by atoms with Crippen LogP contribution in [0, 0.1) is 6.92 Å². The third-order valence-corrected chi connectivity index (χ3v) is 6.56. The molecule has 0 spiro atoms. The molecule has 3 N–H and O–H groups in total. The van der Waals surface area contributed by atoms with Gasteiger partial charge in [0.25, 0.3) is 0 Å². The highest BCUT2D eigenvalue weighted by Gasteiger charge is 2.27. The summed E-state index contributed by atoms with van der Waals surface area (Å²) in [7, 11) is 1.84. The van der Waals surface area contributed by atoms with Crippen LogP contribution >= 0.6 is 0 Å². The molecule has 0 saturated carbocycles. The zero-order valence-corrected chi connectivity index (χ0v) is 20.7. The number of nitrogen functional groups attached to an aromatic ring is 1. The first-order valence-corrected chi connectivity index (χ1v) is 12.1. The highest BCUT2D eigenvalue weighted by Crippen LogP contribution is 2.35. The molecule has 0 fully saturated rings. The monoisotopic (exact) mass is 480 g/mol. The van der Waals surface area contributed by atoms with Crippen molar-refractivity contribution in [3.63, 3.8) is 0 Å². The van der Waals surface area contributed by atoms with Gasteiger partial charge in [0, 0.05) is 35.5 Å². The van der Waals surface area contributed by atoms with E-state index in [1.807, 2.05) is 74.7 Å². The van der Waals surface area contributed by atoms with Crippen LogP contribution in [0.15, 0.2) is 89.9 Å². The second-order valence-electron chi connectivity index (χ2n) is 9.05. The molecular weight excluding hydrogens is 451 g/mol.